The van der Waals surface area contributed by atoms with Crippen LogP contribution in [-0.4, -0.2) is 78.3 Å². The van der Waals surface area contributed by atoms with Gasteiger partial charge in [0.15, 0.2) is 0 Å². The van der Waals surface area contributed by atoms with Crippen LogP contribution >= 0.6 is 0 Å². The van der Waals surface area contributed by atoms with Crippen LogP contribution in [0.25, 0.3) is 0 Å². The van der Waals surface area contributed by atoms with E-state index < -0.39 is 0 Å². The summed E-state index contributed by atoms with van der Waals surface area (Å²) < 4.78 is 21.0. The van der Waals surface area contributed by atoms with Crippen molar-refractivity contribution in [1.29, 1.82) is 0 Å². The highest BCUT2D eigenvalue weighted by Gasteiger charge is 1.93. The van der Waals surface area contributed by atoms with Crippen LogP contribution in [0.15, 0.2) is 0 Å². The third-order valence-electron chi connectivity index (χ3n) is 2.21. The number of carbonyl (C=O) groups excluding carboxylic acids is 2. The summed E-state index contributed by atoms with van der Waals surface area (Å²) >= 11 is 0. The van der Waals surface area contributed by atoms with Crippen molar-refractivity contribution in [1.82, 2.24) is 10.6 Å². The second-order valence-electron chi connectivity index (χ2n) is 4.00. The molecule has 0 aromatic heterocycles. The van der Waals surface area contributed by atoms with Crippen LogP contribution in [-0.2, 0) is 28.5 Å². The van der Waals surface area contributed by atoms with Gasteiger partial charge in [0.05, 0.1) is 52.9 Å². The third kappa shape index (κ3) is 18.8. The zero-order valence-electron chi connectivity index (χ0n) is 12.6. The fourth-order valence-corrected chi connectivity index (χ4v) is 1.25. The van der Waals surface area contributed by atoms with Gasteiger partial charge in [-0.15, -0.1) is 0 Å². The van der Waals surface area contributed by atoms with Crippen molar-refractivity contribution in [3.63, 3.8) is 0 Å². The SMILES string of the molecule is CC(=O)NCCOCCOCCOCCOCCNC=O. The Labute approximate surface area is 125 Å². The molecule has 0 saturated heterocycles. The van der Waals surface area contributed by atoms with Gasteiger partial charge in [0.2, 0.25) is 12.3 Å². The Bertz CT molecular complexity index is 253. The molecule has 0 heterocycles. The summed E-state index contributed by atoms with van der Waals surface area (Å²) in [6, 6.07) is 0. The molecule has 0 aliphatic carbocycles. The average Bonchev–Trinajstić information content (AvgIpc) is 2.46. The first-order valence-electron chi connectivity index (χ1n) is 7.00. The fraction of sp³-hybridized carbons (Fsp3) is 0.846. The number of hydrogen-bond acceptors (Lipinski definition) is 6. The molecule has 124 valence electrons. The Balaban J connectivity index is 2.96. The Morgan fingerprint density at radius 2 is 1.24 bits per heavy atom. The quantitative estimate of drug-likeness (QED) is 0.279. The van der Waals surface area contributed by atoms with Crippen molar-refractivity contribution in [3.8, 4) is 0 Å². The molecule has 8 nitrogen and oxygen atoms in total. The summed E-state index contributed by atoms with van der Waals surface area (Å²) in [6.07, 6.45) is 0.640. The van der Waals surface area contributed by atoms with Crippen molar-refractivity contribution >= 4 is 12.3 Å². The predicted octanol–water partition coefficient (Wildman–Crippen LogP) is -1.07. The second kappa shape index (κ2) is 16.8. The van der Waals surface area contributed by atoms with Crippen molar-refractivity contribution in [2.45, 2.75) is 6.92 Å². The normalized spacial score (nSPS) is 10.3. The van der Waals surface area contributed by atoms with Gasteiger partial charge >= 0.3 is 0 Å². The summed E-state index contributed by atoms with van der Waals surface area (Å²) in [5.41, 5.74) is 0. The maximum absolute atomic E-state index is 10.6. The molecule has 21 heavy (non-hydrogen) atoms. The Kier molecular flexibility index (Phi) is 15.9. The van der Waals surface area contributed by atoms with Gasteiger partial charge in [-0.05, 0) is 0 Å². The van der Waals surface area contributed by atoms with Crippen LogP contribution in [0.4, 0.5) is 0 Å². The first kappa shape index (κ1) is 19.8. The van der Waals surface area contributed by atoms with Gasteiger partial charge in [-0.2, -0.15) is 0 Å². The molecular formula is C13H26N2O6. The molecule has 0 radical (unpaired) electrons. The first-order chi connectivity index (χ1) is 10.3. The fourth-order valence-electron chi connectivity index (χ4n) is 1.25. The maximum atomic E-state index is 10.6. The number of amides is 2. The van der Waals surface area contributed by atoms with E-state index in [0.29, 0.717) is 72.4 Å². The smallest absolute Gasteiger partial charge is 0.216 e. The minimum atomic E-state index is -0.0593. The molecule has 0 fully saturated rings. The van der Waals surface area contributed by atoms with Crippen LogP contribution in [0.5, 0.6) is 0 Å². The van der Waals surface area contributed by atoms with Crippen molar-refractivity contribution in [3.05, 3.63) is 0 Å². The van der Waals surface area contributed by atoms with Gasteiger partial charge < -0.3 is 29.6 Å². The van der Waals surface area contributed by atoms with Gasteiger partial charge in [0.25, 0.3) is 0 Å². The Hall–Kier alpha value is -1.22. The van der Waals surface area contributed by atoms with E-state index in [0.717, 1.165) is 0 Å². The van der Waals surface area contributed by atoms with Gasteiger partial charge in [0, 0.05) is 20.0 Å². The molecule has 0 saturated carbocycles. The lowest BCUT2D eigenvalue weighted by atomic mass is 10.6. The molecule has 0 aliphatic heterocycles. The van der Waals surface area contributed by atoms with E-state index in [-0.39, 0.29) is 5.91 Å². The van der Waals surface area contributed by atoms with Crippen LogP contribution in [0.1, 0.15) is 6.92 Å². The summed E-state index contributed by atoms with van der Waals surface area (Å²) in [5, 5.41) is 5.13. The highest BCUT2D eigenvalue weighted by Crippen LogP contribution is 1.82. The zero-order valence-corrected chi connectivity index (χ0v) is 12.6. The van der Waals surface area contributed by atoms with Gasteiger partial charge in [-0.1, -0.05) is 0 Å². The van der Waals surface area contributed by atoms with Crippen molar-refractivity contribution in [2.75, 3.05) is 65.9 Å². The van der Waals surface area contributed by atoms with Gasteiger partial charge in [-0.3, -0.25) is 9.59 Å². The lowest BCUT2D eigenvalue weighted by Gasteiger charge is -2.07. The topological polar surface area (TPSA) is 95.1 Å². The lowest BCUT2D eigenvalue weighted by molar-refractivity contribution is -0.119. The van der Waals surface area contributed by atoms with Crippen molar-refractivity contribution in [2.24, 2.45) is 0 Å². The standard InChI is InChI=1S/C13H26N2O6/c1-13(17)15-3-5-19-7-9-21-11-10-20-8-6-18-4-2-14-12-16/h12H,2-11H2,1H3,(H,14,16)(H,15,17). The van der Waals surface area contributed by atoms with E-state index in [2.05, 4.69) is 10.6 Å². The minimum absolute atomic E-state index is 0.0593. The Morgan fingerprint density at radius 3 is 1.67 bits per heavy atom. The van der Waals surface area contributed by atoms with Crippen LogP contribution in [0.3, 0.4) is 0 Å². The van der Waals surface area contributed by atoms with Gasteiger partial charge in [0.1, 0.15) is 0 Å². The molecule has 0 rings (SSSR count). The summed E-state index contributed by atoms with van der Waals surface area (Å²) in [4.78, 5) is 20.5. The summed E-state index contributed by atoms with van der Waals surface area (Å²) in [5.74, 6) is -0.0593. The predicted molar refractivity (Wildman–Crippen MR) is 76.0 cm³/mol. The molecule has 2 N–H and O–H groups in total. The molecule has 0 aromatic rings. The Morgan fingerprint density at radius 1 is 0.810 bits per heavy atom. The first-order valence-corrected chi connectivity index (χ1v) is 7.00. The number of hydrogen-bond donors (Lipinski definition) is 2. The van der Waals surface area contributed by atoms with Crippen LogP contribution in [0.2, 0.25) is 0 Å². The van der Waals surface area contributed by atoms with E-state index in [1.165, 1.54) is 6.92 Å². The van der Waals surface area contributed by atoms with Crippen LogP contribution < -0.4 is 10.6 Å². The lowest BCUT2D eigenvalue weighted by Crippen LogP contribution is -2.25. The highest BCUT2D eigenvalue weighted by atomic mass is 16.6. The van der Waals surface area contributed by atoms with E-state index >= 15 is 0 Å². The van der Waals surface area contributed by atoms with Crippen molar-refractivity contribution < 1.29 is 28.5 Å². The molecule has 0 unspecified atom stereocenters. The zero-order chi connectivity index (χ0) is 15.6. The monoisotopic (exact) mass is 306 g/mol. The molecule has 0 aromatic carbocycles. The van der Waals surface area contributed by atoms with Gasteiger partial charge in [-0.25, -0.2) is 0 Å². The highest BCUT2D eigenvalue weighted by molar-refractivity contribution is 5.72. The van der Waals surface area contributed by atoms with Crippen LogP contribution in [0, 0.1) is 0 Å². The molecular weight excluding hydrogens is 280 g/mol. The number of rotatable bonds is 16. The third-order valence-corrected chi connectivity index (χ3v) is 2.21. The second-order valence-corrected chi connectivity index (χ2v) is 4.00. The van der Waals surface area contributed by atoms with E-state index in [9.17, 15) is 9.59 Å². The molecule has 8 heteroatoms. The number of carbonyl (C=O) groups is 2. The molecule has 0 aliphatic rings. The largest absolute Gasteiger partial charge is 0.377 e. The molecule has 0 spiro atoms. The maximum Gasteiger partial charge on any atom is 0.216 e. The molecule has 0 atom stereocenters. The number of nitrogens with one attached hydrogen (secondary N) is 2. The average molecular weight is 306 g/mol. The summed E-state index contributed by atoms with van der Waals surface area (Å²) in [7, 11) is 0. The number of ether oxygens (including phenoxy) is 4. The molecule has 2 amide bonds. The van der Waals surface area contributed by atoms with E-state index in [1.54, 1.807) is 0 Å². The van der Waals surface area contributed by atoms with E-state index in [1.807, 2.05) is 0 Å². The minimum Gasteiger partial charge on any atom is -0.377 e. The van der Waals surface area contributed by atoms with E-state index in [4.69, 9.17) is 18.9 Å². The molecule has 0 bridgehead atoms. The summed E-state index contributed by atoms with van der Waals surface area (Å²) in [6.45, 7) is 6.44.